The number of hydrogen-bond donors (Lipinski definition) is 2. The maximum absolute atomic E-state index is 13.1. The molecule has 0 saturated carbocycles. The van der Waals surface area contributed by atoms with Crippen molar-refractivity contribution < 1.29 is 13.9 Å². The number of para-hydroxylation sites is 1. The summed E-state index contributed by atoms with van der Waals surface area (Å²) in [6, 6.07) is 23.7. The largest absolute Gasteiger partial charge is 0.426 e. The zero-order valence-electron chi connectivity index (χ0n) is 17.4. The normalized spacial score (nSPS) is 23.6. The summed E-state index contributed by atoms with van der Waals surface area (Å²) in [4.78, 5) is 15.0. The second-order valence-corrected chi connectivity index (χ2v) is 8.26. The minimum atomic E-state index is -0.0742. The Morgan fingerprint density at radius 3 is 2.58 bits per heavy atom. The Morgan fingerprint density at radius 2 is 1.77 bits per heavy atom. The molecule has 3 unspecified atom stereocenters. The first-order valence-corrected chi connectivity index (χ1v) is 10.9. The van der Waals surface area contributed by atoms with E-state index in [0.717, 1.165) is 32.5 Å². The molecule has 160 valence electrons. The Balaban J connectivity index is 1.26. The smallest absolute Gasteiger partial charge is 0.290 e. The number of furan rings is 1. The summed E-state index contributed by atoms with van der Waals surface area (Å²) in [5, 5.41) is 0. The maximum Gasteiger partial charge on any atom is 0.290 e. The highest BCUT2D eigenvalue weighted by molar-refractivity contribution is 5.91. The molecule has 2 N–H and O–H groups in total. The molecule has 1 amide bonds. The van der Waals surface area contributed by atoms with Crippen molar-refractivity contribution in [1.29, 1.82) is 0 Å². The molecule has 6 heteroatoms. The van der Waals surface area contributed by atoms with Gasteiger partial charge in [-0.25, -0.2) is 0 Å². The number of rotatable bonds is 5. The SMILES string of the molecule is O=C(c1ccc(Oc2ccccc2)o1)N1CCCC(C2NNCC2c2ccccc2)C1. The molecule has 0 radical (unpaired) electrons. The summed E-state index contributed by atoms with van der Waals surface area (Å²) in [5.41, 5.74) is 8.14. The van der Waals surface area contributed by atoms with E-state index >= 15 is 0 Å². The number of carbonyl (C=O) groups excluding carboxylic acids is 1. The number of ether oxygens (including phenoxy) is 1. The van der Waals surface area contributed by atoms with Gasteiger partial charge in [0.05, 0.1) is 0 Å². The molecule has 3 heterocycles. The van der Waals surface area contributed by atoms with Crippen molar-refractivity contribution in [2.24, 2.45) is 5.92 Å². The van der Waals surface area contributed by atoms with Crippen LogP contribution in [0.15, 0.2) is 77.2 Å². The minimum Gasteiger partial charge on any atom is -0.426 e. The van der Waals surface area contributed by atoms with E-state index in [0.29, 0.717) is 35.3 Å². The fourth-order valence-electron chi connectivity index (χ4n) is 4.72. The number of likely N-dealkylation sites (tertiary alicyclic amines) is 1. The summed E-state index contributed by atoms with van der Waals surface area (Å²) in [6.45, 7) is 2.37. The first-order valence-electron chi connectivity index (χ1n) is 10.9. The maximum atomic E-state index is 13.1. The lowest BCUT2D eigenvalue weighted by atomic mass is 9.81. The van der Waals surface area contributed by atoms with Crippen LogP contribution in [0.3, 0.4) is 0 Å². The third-order valence-corrected chi connectivity index (χ3v) is 6.26. The monoisotopic (exact) mass is 417 g/mol. The summed E-state index contributed by atoms with van der Waals surface area (Å²) in [7, 11) is 0. The predicted octanol–water partition coefficient (Wildman–Crippen LogP) is 4.18. The Kier molecular flexibility index (Phi) is 5.74. The molecule has 2 fully saturated rings. The highest BCUT2D eigenvalue weighted by Crippen LogP contribution is 2.32. The molecular weight excluding hydrogens is 390 g/mol. The molecule has 0 aliphatic carbocycles. The summed E-state index contributed by atoms with van der Waals surface area (Å²) in [5.74, 6) is 2.04. The van der Waals surface area contributed by atoms with Crippen LogP contribution in [0.4, 0.5) is 0 Å². The van der Waals surface area contributed by atoms with Gasteiger partial charge in [-0.2, -0.15) is 0 Å². The van der Waals surface area contributed by atoms with E-state index < -0.39 is 0 Å². The molecule has 5 rings (SSSR count). The molecule has 1 aromatic heterocycles. The van der Waals surface area contributed by atoms with Gasteiger partial charge < -0.3 is 14.1 Å². The number of hydrazine groups is 1. The van der Waals surface area contributed by atoms with Crippen molar-refractivity contribution in [3.8, 4) is 11.7 Å². The minimum absolute atomic E-state index is 0.0742. The predicted molar refractivity (Wildman–Crippen MR) is 118 cm³/mol. The van der Waals surface area contributed by atoms with E-state index in [1.165, 1.54) is 5.56 Å². The Morgan fingerprint density at radius 1 is 1.00 bits per heavy atom. The number of benzene rings is 2. The quantitative estimate of drug-likeness (QED) is 0.652. The van der Waals surface area contributed by atoms with Gasteiger partial charge in [0.15, 0.2) is 5.76 Å². The summed E-state index contributed by atoms with van der Waals surface area (Å²) >= 11 is 0. The molecule has 31 heavy (non-hydrogen) atoms. The fraction of sp³-hybridized carbons (Fsp3) is 0.320. The van der Waals surface area contributed by atoms with E-state index in [4.69, 9.17) is 9.15 Å². The van der Waals surface area contributed by atoms with Gasteiger partial charge in [0.25, 0.3) is 11.9 Å². The molecule has 3 atom stereocenters. The van der Waals surface area contributed by atoms with Crippen LogP contribution in [0.2, 0.25) is 0 Å². The summed E-state index contributed by atoms with van der Waals surface area (Å²) < 4.78 is 11.4. The Labute approximate surface area is 182 Å². The van der Waals surface area contributed by atoms with E-state index in [1.54, 1.807) is 12.1 Å². The lowest BCUT2D eigenvalue weighted by Crippen LogP contribution is -2.48. The van der Waals surface area contributed by atoms with Crippen LogP contribution in [-0.2, 0) is 0 Å². The highest BCUT2D eigenvalue weighted by atomic mass is 16.6. The first kappa shape index (κ1) is 19.8. The third-order valence-electron chi connectivity index (χ3n) is 6.26. The number of nitrogens with zero attached hydrogens (tertiary/aromatic N) is 1. The third kappa shape index (κ3) is 4.36. The lowest BCUT2D eigenvalue weighted by molar-refractivity contribution is 0.0608. The van der Waals surface area contributed by atoms with E-state index in [-0.39, 0.29) is 5.91 Å². The second-order valence-electron chi connectivity index (χ2n) is 8.26. The van der Waals surface area contributed by atoms with E-state index in [9.17, 15) is 4.79 Å². The van der Waals surface area contributed by atoms with E-state index in [2.05, 4.69) is 41.2 Å². The Hall–Kier alpha value is -3.09. The number of nitrogens with one attached hydrogen (secondary N) is 2. The average molecular weight is 418 g/mol. The van der Waals surface area contributed by atoms with Crippen LogP contribution < -0.4 is 15.6 Å². The van der Waals surface area contributed by atoms with Gasteiger partial charge in [-0.05, 0) is 42.5 Å². The van der Waals surface area contributed by atoms with E-state index in [1.807, 2.05) is 35.2 Å². The van der Waals surface area contributed by atoms with Crippen LogP contribution in [-0.4, -0.2) is 36.5 Å². The number of amides is 1. The van der Waals surface area contributed by atoms with Crippen LogP contribution in [0, 0.1) is 5.92 Å². The molecule has 0 spiro atoms. The highest BCUT2D eigenvalue weighted by Gasteiger charge is 2.38. The standard InChI is InChI=1S/C25H27N3O3/c29-25(22-13-14-23(31-22)30-20-11-5-2-6-12-20)28-15-7-10-19(17-28)24-21(16-26-27-24)18-8-3-1-4-9-18/h1-6,8-9,11-14,19,21,24,26-27H,7,10,15-17H2. The molecule has 2 aliphatic heterocycles. The van der Waals surface area contributed by atoms with Gasteiger partial charge in [0, 0.05) is 37.7 Å². The molecule has 3 aromatic rings. The second kappa shape index (κ2) is 8.96. The van der Waals surface area contributed by atoms with Gasteiger partial charge in [-0.1, -0.05) is 48.5 Å². The fourth-order valence-corrected chi connectivity index (χ4v) is 4.72. The topological polar surface area (TPSA) is 66.7 Å². The molecular formula is C25H27N3O3. The number of piperidine rings is 1. The zero-order valence-corrected chi connectivity index (χ0v) is 17.4. The lowest BCUT2D eigenvalue weighted by Gasteiger charge is -2.37. The van der Waals surface area contributed by atoms with Gasteiger partial charge in [0.1, 0.15) is 5.75 Å². The molecule has 2 aromatic carbocycles. The van der Waals surface area contributed by atoms with Crippen molar-refractivity contribution in [3.05, 3.63) is 84.1 Å². The van der Waals surface area contributed by atoms with Crippen molar-refractivity contribution in [2.75, 3.05) is 19.6 Å². The van der Waals surface area contributed by atoms with Crippen LogP contribution >= 0.6 is 0 Å². The van der Waals surface area contributed by atoms with Crippen molar-refractivity contribution in [1.82, 2.24) is 15.8 Å². The van der Waals surface area contributed by atoms with Crippen LogP contribution in [0.1, 0.15) is 34.9 Å². The van der Waals surface area contributed by atoms with Gasteiger partial charge >= 0.3 is 0 Å². The van der Waals surface area contributed by atoms with Crippen molar-refractivity contribution in [3.63, 3.8) is 0 Å². The van der Waals surface area contributed by atoms with Gasteiger partial charge in [-0.15, -0.1) is 0 Å². The summed E-state index contributed by atoms with van der Waals surface area (Å²) in [6.07, 6.45) is 2.09. The van der Waals surface area contributed by atoms with Crippen molar-refractivity contribution in [2.45, 2.75) is 24.8 Å². The number of carbonyl (C=O) groups is 1. The van der Waals surface area contributed by atoms with Crippen LogP contribution in [0.25, 0.3) is 0 Å². The first-order chi connectivity index (χ1) is 15.3. The molecule has 2 aliphatic rings. The van der Waals surface area contributed by atoms with Crippen molar-refractivity contribution >= 4 is 5.91 Å². The van der Waals surface area contributed by atoms with Crippen LogP contribution in [0.5, 0.6) is 11.7 Å². The number of hydrogen-bond acceptors (Lipinski definition) is 5. The Bertz CT molecular complexity index is 1010. The molecule has 2 saturated heterocycles. The molecule has 0 bridgehead atoms. The zero-order chi connectivity index (χ0) is 21.0. The van der Waals surface area contributed by atoms with Gasteiger partial charge in [0.2, 0.25) is 0 Å². The average Bonchev–Trinajstić information content (AvgIpc) is 3.50. The van der Waals surface area contributed by atoms with Gasteiger partial charge in [-0.3, -0.25) is 15.6 Å². The molecule has 6 nitrogen and oxygen atoms in total.